The zero-order chi connectivity index (χ0) is 10.0. The zero-order valence-electron chi connectivity index (χ0n) is 7.79. The van der Waals surface area contributed by atoms with Crippen LogP contribution in [-0.4, -0.2) is 11.2 Å². The summed E-state index contributed by atoms with van der Waals surface area (Å²) in [6.07, 6.45) is -0.621. The number of benzene rings is 1. The fraction of sp³-hybridized carbons (Fsp3) is 0.400. The average Bonchev–Trinajstić information content (AvgIpc) is 2.03. The molecule has 1 unspecified atom stereocenters. The van der Waals surface area contributed by atoms with Gasteiger partial charge in [0.05, 0.1) is 12.1 Å². The van der Waals surface area contributed by atoms with Crippen molar-refractivity contribution in [3.63, 3.8) is 0 Å². The lowest BCUT2D eigenvalue weighted by Crippen LogP contribution is -2.23. The maximum Gasteiger partial charge on any atom is 0.123 e. The van der Waals surface area contributed by atoms with Crippen molar-refractivity contribution in [1.82, 2.24) is 0 Å². The van der Waals surface area contributed by atoms with Gasteiger partial charge in [-0.25, -0.2) is 4.39 Å². The third-order valence-electron chi connectivity index (χ3n) is 2.11. The van der Waals surface area contributed by atoms with Gasteiger partial charge in [-0.05, 0) is 37.1 Å². The summed E-state index contributed by atoms with van der Waals surface area (Å²) in [6, 6.07) is 3.94. The molecule has 0 heterocycles. The monoisotopic (exact) mass is 183 g/mol. The second kappa shape index (κ2) is 3.85. The fourth-order valence-corrected chi connectivity index (χ4v) is 1.27. The van der Waals surface area contributed by atoms with Crippen LogP contribution in [0.25, 0.3) is 0 Å². The largest absolute Gasteiger partial charge is 0.391 e. The second-order valence-corrected chi connectivity index (χ2v) is 3.27. The number of rotatable bonds is 2. The lowest BCUT2D eigenvalue weighted by molar-refractivity contribution is 0.164. The lowest BCUT2D eigenvalue weighted by atomic mass is 9.98. The van der Waals surface area contributed by atoms with E-state index in [2.05, 4.69) is 0 Å². The number of aliphatic hydroxyl groups is 1. The van der Waals surface area contributed by atoms with Gasteiger partial charge in [0.25, 0.3) is 0 Å². The molecular weight excluding hydrogens is 169 g/mol. The fourth-order valence-electron chi connectivity index (χ4n) is 1.27. The van der Waals surface area contributed by atoms with Crippen LogP contribution in [0.3, 0.4) is 0 Å². The Hall–Kier alpha value is -0.930. The standard InChI is InChI=1S/C10H14FNO/c1-6-5-8(11)3-4-9(6)10(12)7(2)13/h3-5,7,10,13H,12H2,1-2H3/t7?,10-/m0/s1. The summed E-state index contributed by atoms with van der Waals surface area (Å²) in [7, 11) is 0. The van der Waals surface area contributed by atoms with Gasteiger partial charge in [-0.15, -0.1) is 0 Å². The average molecular weight is 183 g/mol. The Balaban J connectivity index is 3.01. The molecule has 1 aromatic rings. The Morgan fingerprint density at radius 3 is 2.54 bits per heavy atom. The molecule has 3 heteroatoms. The predicted octanol–water partition coefficient (Wildman–Crippen LogP) is 1.51. The highest BCUT2D eigenvalue weighted by molar-refractivity contribution is 5.29. The van der Waals surface area contributed by atoms with E-state index in [1.165, 1.54) is 12.1 Å². The molecule has 0 aliphatic rings. The van der Waals surface area contributed by atoms with E-state index >= 15 is 0 Å². The van der Waals surface area contributed by atoms with Crippen LogP contribution in [0.2, 0.25) is 0 Å². The van der Waals surface area contributed by atoms with Crippen LogP contribution in [0.4, 0.5) is 4.39 Å². The van der Waals surface area contributed by atoms with Crippen molar-refractivity contribution in [1.29, 1.82) is 0 Å². The van der Waals surface area contributed by atoms with E-state index in [0.717, 1.165) is 11.1 Å². The van der Waals surface area contributed by atoms with Crippen molar-refractivity contribution in [3.05, 3.63) is 35.1 Å². The summed E-state index contributed by atoms with van der Waals surface area (Å²) < 4.78 is 12.7. The van der Waals surface area contributed by atoms with Crippen LogP contribution in [-0.2, 0) is 0 Å². The van der Waals surface area contributed by atoms with Crippen molar-refractivity contribution in [2.24, 2.45) is 5.73 Å². The van der Waals surface area contributed by atoms with Crippen LogP contribution < -0.4 is 5.73 Å². The van der Waals surface area contributed by atoms with Gasteiger partial charge in [0, 0.05) is 0 Å². The Labute approximate surface area is 77.2 Å². The topological polar surface area (TPSA) is 46.2 Å². The first-order valence-corrected chi connectivity index (χ1v) is 4.22. The molecule has 2 atom stereocenters. The number of hydrogen-bond donors (Lipinski definition) is 2. The number of nitrogens with two attached hydrogens (primary N) is 1. The SMILES string of the molecule is Cc1cc(F)ccc1[C@@H](N)C(C)O. The first kappa shape index (κ1) is 10.2. The third kappa shape index (κ3) is 2.26. The van der Waals surface area contributed by atoms with Gasteiger partial charge in [0.15, 0.2) is 0 Å². The molecule has 0 saturated heterocycles. The minimum Gasteiger partial charge on any atom is -0.391 e. The van der Waals surface area contributed by atoms with E-state index in [0.29, 0.717) is 0 Å². The highest BCUT2D eigenvalue weighted by atomic mass is 19.1. The minimum atomic E-state index is -0.621. The van der Waals surface area contributed by atoms with Gasteiger partial charge in [-0.2, -0.15) is 0 Å². The van der Waals surface area contributed by atoms with Crippen LogP contribution in [0.5, 0.6) is 0 Å². The number of aliphatic hydroxyl groups excluding tert-OH is 1. The molecule has 1 rings (SSSR count). The van der Waals surface area contributed by atoms with Gasteiger partial charge in [0.1, 0.15) is 5.82 Å². The molecule has 72 valence electrons. The minimum absolute atomic E-state index is 0.279. The maximum atomic E-state index is 12.7. The highest BCUT2D eigenvalue weighted by Gasteiger charge is 2.14. The van der Waals surface area contributed by atoms with Crippen molar-refractivity contribution >= 4 is 0 Å². The Kier molecular flexibility index (Phi) is 3.01. The van der Waals surface area contributed by atoms with Gasteiger partial charge >= 0.3 is 0 Å². The molecule has 1 aromatic carbocycles. The van der Waals surface area contributed by atoms with Crippen molar-refractivity contribution in [2.45, 2.75) is 26.0 Å². The molecule has 2 nitrogen and oxygen atoms in total. The smallest absolute Gasteiger partial charge is 0.123 e. The lowest BCUT2D eigenvalue weighted by Gasteiger charge is -2.17. The van der Waals surface area contributed by atoms with E-state index in [1.807, 2.05) is 0 Å². The molecule has 3 N–H and O–H groups in total. The summed E-state index contributed by atoms with van der Waals surface area (Å²) in [6.45, 7) is 3.40. The molecule has 0 bridgehead atoms. The normalized spacial score (nSPS) is 15.5. The Bertz CT molecular complexity index is 299. The first-order chi connectivity index (χ1) is 6.02. The van der Waals surface area contributed by atoms with Crippen molar-refractivity contribution in [3.8, 4) is 0 Å². The zero-order valence-corrected chi connectivity index (χ0v) is 7.79. The highest BCUT2D eigenvalue weighted by Crippen LogP contribution is 2.19. The first-order valence-electron chi connectivity index (χ1n) is 4.22. The Morgan fingerprint density at radius 1 is 1.46 bits per heavy atom. The maximum absolute atomic E-state index is 12.7. The van der Waals surface area contributed by atoms with Gasteiger partial charge in [-0.1, -0.05) is 6.07 Å². The second-order valence-electron chi connectivity index (χ2n) is 3.27. The predicted molar refractivity (Wildman–Crippen MR) is 49.7 cm³/mol. The molecule has 0 spiro atoms. The van der Waals surface area contributed by atoms with Gasteiger partial charge in [-0.3, -0.25) is 0 Å². The molecule has 0 aliphatic carbocycles. The van der Waals surface area contributed by atoms with Crippen LogP contribution in [0.1, 0.15) is 24.1 Å². The molecule has 0 saturated carbocycles. The molecule has 0 aliphatic heterocycles. The van der Waals surface area contributed by atoms with Crippen LogP contribution in [0.15, 0.2) is 18.2 Å². The number of aryl methyl sites for hydroxylation is 1. The number of hydrogen-bond acceptors (Lipinski definition) is 2. The summed E-state index contributed by atoms with van der Waals surface area (Å²) in [5.74, 6) is -0.279. The van der Waals surface area contributed by atoms with Crippen molar-refractivity contribution in [2.75, 3.05) is 0 Å². The van der Waals surface area contributed by atoms with Gasteiger partial charge < -0.3 is 10.8 Å². The molecule has 0 aromatic heterocycles. The molecular formula is C10H14FNO. The summed E-state index contributed by atoms with van der Waals surface area (Å²) in [4.78, 5) is 0. The molecule has 0 radical (unpaired) electrons. The quantitative estimate of drug-likeness (QED) is 0.730. The van der Waals surface area contributed by atoms with E-state index in [4.69, 9.17) is 5.73 Å². The summed E-state index contributed by atoms with van der Waals surface area (Å²) in [5.41, 5.74) is 7.28. The van der Waals surface area contributed by atoms with E-state index in [9.17, 15) is 9.50 Å². The van der Waals surface area contributed by atoms with E-state index in [1.54, 1.807) is 19.9 Å². The Morgan fingerprint density at radius 2 is 2.08 bits per heavy atom. The van der Waals surface area contributed by atoms with Crippen LogP contribution >= 0.6 is 0 Å². The third-order valence-corrected chi connectivity index (χ3v) is 2.11. The van der Waals surface area contributed by atoms with E-state index < -0.39 is 12.1 Å². The number of halogens is 1. The molecule has 0 fully saturated rings. The molecule has 13 heavy (non-hydrogen) atoms. The van der Waals surface area contributed by atoms with E-state index in [-0.39, 0.29) is 5.82 Å². The summed E-state index contributed by atoms with van der Waals surface area (Å²) >= 11 is 0. The summed E-state index contributed by atoms with van der Waals surface area (Å²) in [5, 5.41) is 9.25. The van der Waals surface area contributed by atoms with Gasteiger partial charge in [0.2, 0.25) is 0 Å². The van der Waals surface area contributed by atoms with Crippen molar-refractivity contribution < 1.29 is 9.50 Å². The molecule has 0 amide bonds. The van der Waals surface area contributed by atoms with Crippen LogP contribution in [0, 0.1) is 12.7 Å².